The fourth-order valence-corrected chi connectivity index (χ4v) is 7.55. The SMILES string of the molecule is CC1(c2nc(NC(=O)c3ccc(OCC(F)F)cn3)ccc2F)CS2(O)NCCCCC2(C)C(N)=N1. The van der Waals surface area contributed by atoms with Gasteiger partial charge in [-0.2, -0.15) is 0 Å². The summed E-state index contributed by atoms with van der Waals surface area (Å²) in [6.45, 7) is 3.38. The number of hydrogen-bond acceptors (Lipinski definition) is 8. The molecule has 2 aromatic heterocycles. The first-order valence-electron chi connectivity index (χ1n) is 11.4. The molecule has 2 aliphatic rings. The molecule has 36 heavy (non-hydrogen) atoms. The maximum Gasteiger partial charge on any atom is 0.275 e. The van der Waals surface area contributed by atoms with Crippen LogP contribution in [0.25, 0.3) is 0 Å². The number of amidine groups is 1. The molecule has 13 heteroatoms. The number of carbonyl (C=O) groups excluding carboxylic acids is 1. The van der Waals surface area contributed by atoms with Gasteiger partial charge in [-0.05, 0) is 51.0 Å². The zero-order chi connectivity index (χ0) is 26.1. The van der Waals surface area contributed by atoms with Crippen molar-refractivity contribution in [2.24, 2.45) is 10.7 Å². The van der Waals surface area contributed by atoms with Gasteiger partial charge >= 0.3 is 0 Å². The lowest BCUT2D eigenvalue weighted by molar-refractivity contribution is 0.0816. The van der Waals surface area contributed by atoms with Crippen molar-refractivity contribution in [2.75, 3.05) is 24.2 Å². The molecule has 0 aromatic carbocycles. The average Bonchev–Trinajstić information content (AvgIpc) is 2.97. The summed E-state index contributed by atoms with van der Waals surface area (Å²) < 4.78 is 58.6. The molecule has 4 heterocycles. The van der Waals surface area contributed by atoms with E-state index >= 15 is 4.39 Å². The van der Waals surface area contributed by atoms with Gasteiger partial charge in [-0.25, -0.2) is 23.1 Å². The molecular formula is C23H29F3N6O3S. The average molecular weight is 527 g/mol. The summed E-state index contributed by atoms with van der Waals surface area (Å²) in [6, 6.07) is 5.11. The fraction of sp³-hybridized carbons (Fsp3) is 0.478. The van der Waals surface area contributed by atoms with Crippen molar-refractivity contribution in [3.8, 4) is 5.75 Å². The fourth-order valence-electron chi connectivity index (χ4n) is 4.44. The lowest BCUT2D eigenvalue weighted by Crippen LogP contribution is -2.57. The Bertz CT molecular complexity index is 1170. The van der Waals surface area contributed by atoms with Crippen molar-refractivity contribution in [3.05, 3.63) is 47.7 Å². The standard InChI is InChI=1S/C23H29F3N6O3S/c1-22(13-36(34)23(2,21(27)32-22)9-3-4-10-29-36)19-15(24)6-8-18(30-19)31-20(33)16-7-5-14(11-28-16)35-12-17(25)26/h5-8,11,17,29,34H,3-4,9-10,12-13H2,1-2H3,(H2,27,32)(H,30,31,33). The number of aliphatic imine (C=N–C) groups is 1. The van der Waals surface area contributed by atoms with Crippen LogP contribution in [0.3, 0.4) is 0 Å². The van der Waals surface area contributed by atoms with Gasteiger partial charge in [0.05, 0.1) is 10.9 Å². The molecule has 2 aliphatic heterocycles. The summed E-state index contributed by atoms with van der Waals surface area (Å²) in [5.74, 6) is -0.785. The van der Waals surface area contributed by atoms with E-state index in [1.807, 2.05) is 6.92 Å². The Morgan fingerprint density at radius 1 is 1.31 bits per heavy atom. The number of fused-ring (bicyclic) bond motifs is 1. The molecule has 9 nitrogen and oxygen atoms in total. The van der Waals surface area contributed by atoms with Crippen LogP contribution in [0.4, 0.5) is 19.0 Å². The van der Waals surface area contributed by atoms with E-state index < -0.39 is 45.5 Å². The van der Waals surface area contributed by atoms with Crippen LogP contribution < -0.4 is 20.5 Å². The number of halogens is 3. The number of nitrogens with two attached hydrogens (primary N) is 1. The zero-order valence-electron chi connectivity index (χ0n) is 19.9. The number of alkyl halides is 2. The van der Waals surface area contributed by atoms with Gasteiger partial charge in [0.15, 0.2) is 0 Å². The second-order valence-electron chi connectivity index (χ2n) is 9.26. The summed E-state index contributed by atoms with van der Waals surface area (Å²) in [4.78, 5) is 25.5. The van der Waals surface area contributed by atoms with Crippen LogP contribution in [-0.4, -0.2) is 56.3 Å². The van der Waals surface area contributed by atoms with Crippen molar-refractivity contribution in [2.45, 2.75) is 49.8 Å². The number of carbonyl (C=O) groups is 1. The van der Waals surface area contributed by atoms with E-state index in [0.717, 1.165) is 25.1 Å². The van der Waals surface area contributed by atoms with Gasteiger partial charge in [-0.3, -0.25) is 14.5 Å². The van der Waals surface area contributed by atoms with Crippen LogP contribution >= 0.6 is 10.5 Å². The minimum absolute atomic E-state index is 0.0182. The Balaban J connectivity index is 1.58. The van der Waals surface area contributed by atoms with E-state index in [-0.39, 0.29) is 34.5 Å². The molecule has 1 fully saturated rings. The van der Waals surface area contributed by atoms with E-state index in [0.29, 0.717) is 13.0 Å². The van der Waals surface area contributed by atoms with Gasteiger partial charge in [0.1, 0.15) is 46.8 Å². The molecule has 0 spiro atoms. The van der Waals surface area contributed by atoms with Crippen molar-refractivity contribution in [1.82, 2.24) is 14.7 Å². The minimum atomic E-state index is -2.63. The number of nitrogens with zero attached hydrogens (tertiary/aromatic N) is 3. The molecule has 5 N–H and O–H groups in total. The summed E-state index contributed by atoms with van der Waals surface area (Å²) in [5.41, 5.74) is 5.04. The van der Waals surface area contributed by atoms with Crippen molar-refractivity contribution in [3.63, 3.8) is 0 Å². The molecule has 0 saturated carbocycles. The molecule has 2 aromatic rings. The third kappa shape index (κ3) is 5.00. The Morgan fingerprint density at radius 2 is 2.08 bits per heavy atom. The van der Waals surface area contributed by atoms with Gasteiger partial charge < -0.3 is 20.3 Å². The van der Waals surface area contributed by atoms with Gasteiger partial charge in [-0.15, -0.1) is 0 Å². The number of nitrogens with one attached hydrogen (secondary N) is 2. The van der Waals surface area contributed by atoms with Gasteiger partial charge in [0.25, 0.3) is 12.3 Å². The molecule has 3 atom stereocenters. The summed E-state index contributed by atoms with van der Waals surface area (Å²) in [7, 11) is -2.50. The largest absolute Gasteiger partial charge is 0.486 e. The van der Waals surface area contributed by atoms with E-state index in [4.69, 9.17) is 10.5 Å². The van der Waals surface area contributed by atoms with Crippen LogP contribution in [0.1, 0.15) is 49.3 Å². The first-order valence-corrected chi connectivity index (χ1v) is 13.2. The van der Waals surface area contributed by atoms with E-state index in [9.17, 15) is 18.1 Å². The molecule has 196 valence electrons. The normalized spacial score (nSPS) is 29.9. The molecule has 0 radical (unpaired) electrons. The molecule has 0 bridgehead atoms. The second-order valence-corrected chi connectivity index (χ2v) is 12.1. The van der Waals surface area contributed by atoms with E-state index in [1.54, 1.807) is 6.92 Å². The first-order chi connectivity index (χ1) is 17.0. The van der Waals surface area contributed by atoms with Crippen LogP contribution in [0, 0.1) is 5.82 Å². The number of pyridine rings is 2. The summed E-state index contributed by atoms with van der Waals surface area (Å²) in [6.07, 6.45) is 0.958. The summed E-state index contributed by atoms with van der Waals surface area (Å²) >= 11 is 0. The maximum absolute atomic E-state index is 15.0. The lowest BCUT2D eigenvalue weighted by atomic mass is 9.96. The van der Waals surface area contributed by atoms with Gasteiger partial charge in [-0.1, -0.05) is 16.9 Å². The maximum atomic E-state index is 15.0. The molecule has 1 saturated heterocycles. The monoisotopic (exact) mass is 526 g/mol. The topological polar surface area (TPSA) is 135 Å². The third-order valence-corrected chi connectivity index (χ3v) is 10.1. The predicted octanol–water partition coefficient (Wildman–Crippen LogP) is 3.82. The Morgan fingerprint density at radius 3 is 2.78 bits per heavy atom. The molecular weight excluding hydrogens is 497 g/mol. The second kappa shape index (κ2) is 9.87. The van der Waals surface area contributed by atoms with E-state index in [1.165, 1.54) is 18.2 Å². The van der Waals surface area contributed by atoms with Crippen LogP contribution in [0.15, 0.2) is 35.5 Å². The first kappa shape index (κ1) is 26.2. The lowest BCUT2D eigenvalue weighted by Gasteiger charge is -2.54. The van der Waals surface area contributed by atoms with Crippen LogP contribution in [0.5, 0.6) is 5.75 Å². The predicted molar refractivity (Wildman–Crippen MR) is 132 cm³/mol. The van der Waals surface area contributed by atoms with Gasteiger partial charge in [0, 0.05) is 12.3 Å². The van der Waals surface area contributed by atoms with Crippen LogP contribution in [-0.2, 0) is 5.54 Å². The Labute approximate surface area is 208 Å². The molecule has 1 amide bonds. The number of hydrogen-bond donors (Lipinski definition) is 4. The quantitative estimate of drug-likeness (QED) is 0.449. The summed E-state index contributed by atoms with van der Waals surface area (Å²) in [5, 5.41) is 2.56. The highest BCUT2D eigenvalue weighted by Crippen LogP contribution is 2.61. The Kier molecular flexibility index (Phi) is 7.17. The highest BCUT2D eigenvalue weighted by Gasteiger charge is 2.55. The number of rotatable bonds is 6. The number of anilines is 1. The smallest absolute Gasteiger partial charge is 0.275 e. The highest BCUT2D eigenvalue weighted by molar-refractivity contribution is 8.29. The number of ether oxygens (including phenoxy) is 1. The zero-order valence-corrected chi connectivity index (χ0v) is 20.7. The van der Waals surface area contributed by atoms with Gasteiger partial charge in [0.2, 0.25) is 0 Å². The molecule has 4 rings (SSSR count). The van der Waals surface area contributed by atoms with Crippen molar-refractivity contribution >= 4 is 28.1 Å². The Hall–Kier alpha value is -2.90. The third-order valence-electron chi connectivity index (χ3n) is 6.51. The van der Waals surface area contributed by atoms with Crippen LogP contribution in [0.2, 0.25) is 0 Å². The van der Waals surface area contributed by atoms with Crippen molar-refractivity contribution in [1.29, 1.82) is 0 Å². The molecule has 0 aliphatic carbocycles. The van der Waals surface area contributed by atoms with Crippen molar-refractivity contribution < 1.29 is 27.3 Å². The highest BCUT2D eigenvalue weighted by atomic mass is 32.3. The van der Waals surface area contributed by atoms with E-state index in [2.05, 4.69) is 25.0 Å². The molecule has 3 unspecified atom stereocenters. The number of aromatic nitrogens is 2. The minimum Gasteiger partial charge on any atom is -0.486 e. The number of amides is 1.